The molecule has 2 aromatic carbocycles. The molecule has 2 aromatic rings. The van der Waals surface area contributed by atoms with Crippen LogP contribution in [0.15, 0.2) is 42.5 Å². The summed E-state index contributed by atoms with van der Waals surface area (Å²) in [7, 11) is 0. The van der Waals surface area contributed by atoms with Crippen molar-refractivity contribution in [3.05, 3.63) is 58.6 Å². The van der Waals surface area contributed by atoms with Gasteiger partial charge in [-0.3, -0.25) is 0 Å². The third-order valence-electron chi connectivity index (χ3n) is 5.19. The summed E-state index contributed by atoms with van der Waals surface area (Å²) in [5.41, 5.74) is 4.48. The van der Waals surface area contributed by atoms with Gasteiger partial charge in [0, 0.05) is 29.5 Å². The summed E-state index contributed by atoms with van der Waals surface area (Å²) < 4.78 is 0. The van der Waals surface area contributed by atoms with Crippen LogP contribution in [-0.2, 0) is 0 Å². The summed E-state index contributed by atoms with van der Waals surface area (Å²) in [5.74, 6) is 0.776. The number of aryl methyl sites for hydroxylation is 1. The van der Waals surface area contributed by atoms with E-state index < -0.39 is 0 Å². The number of hydrogen-bond donors (Lipinski definition) is 2. The normalized spacial score (nSPS) is 18.1. The highest BCUT2D eigenvalue weighted by Gasteiger charge is 2.17. The van der Waals surface area contributed by atoms with Gasteiger partial charge in [0.25, 0.3) is 0 Å². The Bertz CT molecular complexity index is 791. The number of halogens is 1. The van der Waals surface area contributed by atoms with Gasteiger partial charge in [0.05, 0.1) is 6.04 Å². The van der Waals surface area contributed by atoms with E-state index in [1.807, 2.05) is 25.1 Å². The number of anilines is 2. The topological polar surface area (TPSA) is 27.3 Å². The number of nitrogens with one attached hydrogen (secondary N) is 2. The molecular formula is C22H28ClN3S. The van der Waals surface area contributed by atoms with Crippen LogP contribution in [-0.4, -0.2) is 18.2 Å². The molecule has 1 aliphatic heterocycles. The fraction of sp³-hybridized carbons (Fsp3) is 0.409. The minimum absolute atomic E-state index is 0.125. The van der Waals surface area contributed by atoms with Crippen LogP contribution in [0.1, 0.15) is 43.9 Å². The van der Waals surface area contributed by atoms with Crippen LogP contribution >= 0.6 is 23.8 Å². The molecule has 0 aliphatic carbocycles. The van der Waals surface area contributed by atoms with Gasteiger partial charge in [-0.05, 0) is 80.2 Å². The molecule has 3 rings (SSSR count). The lowest BCUT2D eigenvalue weighted by Crippen LogP contribution is -2.34. The molecule has 144 valence electrons. The molecule has 2 atom stereocenters. The monoisotopic (exact) mass is 401 g/mol. The number of thiocarbonyl (C=S) groups is 1. The van der Waals surface area contributed by atoms with Gasteiger partial charge in [0.2, 0.25) is 0 Å². The number of nitrogens with zero attached hydrogens (tertiary/aromatic N) is 1. The molecule has 1 aliphatic rings. The van der Waals surface area contributed by atoms with E-state index in [1.54, 1.807) is 0 Å². The minimum Gasteiger partial charge on any atom is -0.371 e. The van der Waals surface area contributed by atoms with E-state index in [4.69, 9.17) is 23.8 Å². The molecule has 0 bridgehead atoms. The second-order valence-corrected chi connectivity index (χ2v) is 8.38. The van der Waals surface area contributed by atoms with E-state index in [0.29, 0.717) is 5.11 Å². The summed E-state index contributed by atoms with van der Waals surface area (Å²) in [6, 6.07) is 14.8. The van der Waals surface area contributed by atoms with E-state index in [2.05, 4.69) is 53.6 Å². The van der Waals surface area contributed by atoms with Crippen molar-refractivity contribution in [3.8, 4) is 0 Å². The van der Waals surface area contributed by atoms with Crippen LogP contribution in [0.5, 0.6) is 0 Å². The van der Waals surface area contributed by atoms with Crippen LogP contribution in [0, 0.1) is 12.8 Å². The minimum atomic E-state index is 0.125. The number of hydrogen-bond acceptors (Lipinski definition) is 2. The van der Waals surface area contributed by atoms with E-state index in [-0.39, 0.29) is 6.04 Å². The molecule has 27 heavy (non-hydrogen) atoms. The first-order valence-corrected chi connectivity index (χ1v) is 10.4. The Morgan fingerprint density at radius 2 is 1.96 bits per heavy atom. The van der Waals surface area contributed by atoms with Crippen LogP contribution in [0.2, 0.25) is 5.02 Å². The van der Waals surface area contributed by atoms with Crippen molar-refractivity contribution in [2.45, 2.75) is 39.7 Å². The standard InChI is InChI=1S/C22H28ClN3S/c1-15-5-4-12-26(14-15)20-10-7-18(8-11-20)17(3)24-22(27)25-19-9-6-16(2)21(23)13-19/h6-11,13,15,17H,4-5,12,14H2,1-3H3,(H2,24,25,27)/t15-,17+/m0/s1. The quantitative estimate of drug-likeness (QED) is 0.620. The van der Waals surface area contributed by atoms with Crippen molar-refractivity contribution < 1.29 is 0 Å². The molecule has 1 fully saturated rings. The van der Waals surface area contributed by atoms with Crippen LogP contribution < -0.4 is 15.5 Å². The summed E-state index contributed by atoms with van der Waals surface area (Å²) in [5, 5.41) is 7.88. The zero-order valence-electron chi connectivity index (χ0n) is 16.3. The molecule has 1 saturated heterocycles. The summed E-state index contributed by atoms with van der Waals surface area (Å²) >= 11 is 11.6. The Hall–Kier alpha value is -1.78. The highest BCUT2D eigenvalue weighted by molar-refractivity contribution is 7.80. The van der Waals surface area contributed by atoms with E-state index >= 15 is 0 Å². The van der Waals surface area contributed by atoms with Crippen molar-refractivity contribution in [2.24, 2.45) is 5.92 Å². The maximum atomic E-state index is 6.18. The van der Waals surface area contributed by atoms with Gasteiger partial charge >= 0.3 is 0 Å². The molecule has 2 N–H and O–H groups in total. The maximum Gasteiger partial charge on any atom is 0.171 e. The van der Waals surface area contributed by atoms with Gasteiger partial charge in [-0.2, -0.15) is 0 Å². The number of piperidine rings is 1. The number of benzene rings is 2. The Kier molecular flexibility index (Phi) is 6.61. The first kappa shape index (κ1) is 20.0. The van der Waals surface area contributed by atoms with Gasteiger partial charge < -0.3 is 15.5 Å². The lowest BCUT2D eigenvalue weighted by Gasteiger charge is -2.33. The fourth-order valence-electron chi connectivity index (χ4n) is 3.52. The van der Waals surface area contributed by atoms with Gasteiger partial charge in [-0.15, -0.1) is 0 Å². The molecule has 0 aromatic heterocycles. The zero-order valence-corrected chi connectivity index (χ0v) is 17.8. The van der Waals surface area contributed by atoms with Crippen molar-refractivity contribution in [1.29, 1.82) is 0 Å². The van der Waals surface area contributed by atoms with E-state index in [0.717, 1.165) is 35.3 Å². The van der Waals surface area contributed by atoms with Crippen molar-refractivity contribution in [3.63, 3.8) is 0 Å². The second kappa shape index (κ2) is 8.94. The largest absolute Gasteiger partial charge is 0.371 e. The summed E-state index contributed by atoms with van der Waals surface area (Å²) in [4.78, 5) is 2.49. The van der Waals surface area contributed by atoms with Gasteiger partial charge in [-0.1, -0.05) is 36.7 Å². The Labute approximate surface area is 173 Å². The molecule has 3 nitrogen and oxygen atoms in total. The highest BCUT2D eigenvalue weighted by Crippen LogP contribution is 2.25. The third kappa shape index (κ3) is 5.36. The van der Waals surface area contributed by atoms with Crippen molar-refractivity contribution in [1.82, 2.24) is 5.32 Å². The highest BCUT2D eigenvalue weighted by atomic mass is 35.5. The SMILES string of the molecule is Cc1ccc(NC(=S)N[C@H](C)c2ccc(N3CCC[C@H](C)C3)cc2)cc1Cl. The lowest BCUT2D eigenvalue weighted by molar-refractivity contribution is 0.447. The predicted octanol–water partition coefficient (Wildman–Crippen LogP) is 5.93. The van der Waals surface area contributed by atoms with Gasteiger partial charge in [0.15, 0.2) is 5.11 Å². The average molecular weight is 402 g/mol. The lowest BCUT2D eigenvalue weighted by atomic mass is 9.99. The average Bonchev–Trinajstić information content (AvgIpc) is 2.65. The van der Waals surface area contributed by atoms with Crippen LogP contribution in [0.25, 0.3) is 0 Å². The Morgan fingerprint density at radius 1 is 1.22 bits per heavy atom. The zero-order chi connectivity index (χ0) is 19.4. The van der Waals surface area contributed by atoms with Crippen LogP contribution in [0.3, 0.4) is 0 Å². The van der Waals surface area contributed by atoms with Crippen molar-refractivity contribution in [2.75, 3.05) is 23.3 Å². The summed E-state index contributed by atoms with van der Waals surface area (Å²) in [6.07, 6.45) is 2.62. The first-order chi connectivity index (χ1) is 12.9. The molecule has 0 radical (unpaired) electrons. The Morgan fingerprint density at radius 3 is 2.63 bits per heavy atom. The maximum absolute atomic E-state index is 6.18. The molecule has 0 spiro atoms. The molecule has 5 heteroatoms. The first-order valence-electron chi connectivity index (χ1n) is 9.61. The van der Waals surface area contributed by atoms with Gasteiger partial charge in [0.1, 0.15) is 0 Å². The smallest absolute Gasteiger partial charge is 0.171 e. The second-order valence-electron chi connectivity index (χ2n) is 7.57. The molecular weight excluding hydrogens is 374 g/mol. The van der Waals surface area contributed by atoms with Gasteiger partial charge in [-0.25, -0.2) is 0 Å². The Balaban J connectivity index is 1.57. The van der Waals surface area contributed by atoms with Crippen molar-refractivity contribution >= 4 is 40.3 Å². The van der Waals surface area contributed by atoms with E-state index in [9.17, 15) is 0 Å². The molecule has 1 heterocycles. The van der Waals surface area contributed by atoms with E-state index in [1.165, 1.54) is 24.1 Å². The fourth-order valence-corrected chi connectivity index (χ4v) is 3.99. The predicted molar refractivity (Wildman–Crippen MR) is 121 cm³/mol. The molecule has 0 unspecified atom stereocenters. The van der Waals surface area contributed by atoms with Crippen LogP contribution in [0.4, 0.5) is 11.4 Å². The third-order valence-corrected chi connectivity index (χ3v) is 5.82. The molecule has 0 amide bonds. The summed E-state index contributed by atoms with van der Waals surface area (Å²) in [6.45, 7) is 8.75. The molecule has 0 saturated carbocycles. The number of rotatable bonds is 4.